The van der Waals surface area contributed by atoms with Crippen molar-refractivity contribution < 1.29 is 9.59 Å². The Balaban J connectivity index is 2.39. The van der Waals surface area contributed by atoms with Crippen molar-refractivity contribution in [3.8, 4) is 0 Å². The van der Waals surface area contributed by atoms with Crippen LogP contribution in [0.1, 0.15) is 38.3 Å². The molecule has 0 saturated heterocycles. The Hall–Kier alpha value is -1.96. The summed E-state index contributed by atoms with van der Waals surface area (Å²) in [6.07, 6.45) is 0.0314. The minimum atomic E-state index is -0.0508. The molecule has 2 heteroatoms. The lowest BCUT2D eigenvalue weighted by molar-refractivity contribution is 0.0923. The number of fused-ring (bicyclic) bond motifs is 2. The number of rotatable bonds is 0. The highest BCUT2D eigenvalue weighted by Gasteiger charge is 2.27. The first kappa shape index (κ1) is 10.2. The fourth-order valence-electron chi connectivity index (χ4n) is 2.38. The zero-order valence-corrected chi connectivity index (χ0v) is 9.83. The number of benzene rings is 2. The van der Waals surface area contributed by atoms with Crippen LogP contribution in [0, 0.1) is 13.8 Å². The second-order valence-corrected chi connectivity index (χ2v) is 4.70. The van der Waals surface area contributed by atoms with Gasteiger partial charge in [0.15, 0.2) is 11.6 Å². The maximum atomic E-state index is 11.7. The van der Waals surface area contributed by atoms with E-state index in [9.17, 15) is 9.59 Å². The van der Waals surface area contributed by atoms with E-state index in [0.717, 1.165) is 10.8 Å². The predicted octanol–water partition coefficient (Wildman–Crippen LogP) is 3.23. The van der Waals surface area contributed by atoms with E-state index in [0.29, 0.717) is 11.1 Å². The molecule has 0 N–H and O–H groups in total. The molecule has 0 aliphatic heterocycles. The van der Waals surface area contributed by atoms with Gasteiger partial charge in [-0.05, 0) is 47.9 Å². The molecule has 0 saturated carbocycles. The fourth-order valence-corrected chi connectivity index (χ4v) is 2.38. The highest BCUT2D eigenvalue weighted by Crippen LogP contribution is 2.28. The van der Waals surface area contributed by atoms with Crippen molar-refractivity contribution in [1.29, 1.82) is 0 Å². The van der Waals surface area contributed by atoms with E-state index in [1.165, 1.54) is 11.1 Å². The van der Waals surface area contributed by atoms with Crippen molar-refractivity contribution in [2.75, 3.05) is 0 Å². The number of carbonyl (C=O) groups excluding carboxylic acids is 2. The lowest BCUT2D eigenvalue weighted by Gasteiger charge is -2.06. The van der Waals surface area contributed by atoms with Gasteiger partial charge < -0.3 is 0 Å². The van der Waals surface area contributed by atoms with Gasteiger partial charge >= 0.3 is 0 Å². The van der Waals surface area contributed by atoms with Gasteiger partial charge in [0.05, 0.1) is 6.42 Å². The molecule has 0 aromatic heterocycles. The minimum Gasteiger partial charge on any atom is -0.294 e. The topological polar surface area (TPSA) is 34.1 Å². The summed E-state index contributed by atoms with van der Waals surface area (Å²) >= 11 is 0. The van der Waals surface area contributed by atoms with E-state index in [1.54, 1.807) is 0 Å². The number of ketones is 2. The van der Waals surface area contributed by atoms with E-state index in [-0.39, 0.29) is 18.0 Å². The Morgan fingerprint density at radius 3 is 1.59 bits per heavy atom. The molecule has 3 rings (SSSR count). The van der Waals surface area contributed by atoms with Crippen LogP contribution in [0.15, 0.2) is 24.3 Å². The number of hydrogen-bond donors (Lipinski definition) is 0. The van der Waals surface area contributed by atoms with Gasteiger partial charge in [-0.1, -0.05) is 12.1 Å². The van der Waals surface area contributed by atoms with Crippen LogP contribution in [0.4, 0.5) is 0 Å². The molecule has 0 fully saturated rings. The average molecular weight is 224 g/mol. The summed E-state index contributed by atoms with van der Waals surface area (Å²) in [5.74, 6) is -0.102. The zero-order valence-electron chi connectivity index (χ0n) is 9.83. The molecule has 0 atom stereocenters. The molecular formula is C15H12O2. The third-order valence-electron chi connectivity index (χ3n) is 3.51. The van der Waals surface area contributed by atoms with Gasteiger partial charge in [-0.15, -0.1) is 0 Å². The van der Waals surface area contributed by atoms with Crippen LogP contribution in [-0.2, 0) is 0 Å². The standard InChI is InChI=1S/C15H12O2/c1-8-3-10-5-12-13(15(17)7-14(12)16)6-11(10)4-9(8)2/h3-6H,7H2,1-2H3. The van der Waals surface area contributed by atoms with Gasteiger partial charge in [0, 0.05) is 11.1 Å². The van der Waals surface area contributed by atoms with Crippen LogP contribution in [0.3, 0.4) is 0 Å². The molecular weight excluding hydrogens is 212 g/mol. The average Bonchev–Trinajstić information content (AvgIpc) is 2.54. The third-order valence-corrected chi connectivity index (χ3v) is 3.51. The fraction of sp³-hybridized carbons (Fsp3) is 0.200. The second-order valence-electron chi connectivity index (χ2n) is 4.70. The van der Waals surface area contributed by atoms with Crippen molar-refractivity contribution in [2.45, 2.75) is 20.3 Å². The van der Waals surface area contributed by atoms with E-state index < -0.39 is 0 Å². The molecule has 84 valence electrons. The molecule has 2 aromatic carbocycles. The normalized spacial score (nSPS) is 14.5. The van der Waals surface area contributed by atoms with Gasteiger partial charge in [0.25, 0.3) is 0 Å². The molecule has 1 aliphatic carbocycles. The summed E-state index contributed by atoms with van der Waals surface area (Å²) in [6, 6.07) is 7.84. The minimum absolute atomic E-state index is 0.0314. The first-order chi connectivity index (χ1) is 8.06. The van der Waals surface area contributed by atoms with Crippen molar-refractivity contribution in [3.05, 3.63) is 46.5 Å². The van der Waals surface area contributed by atoms with Crippen LogP contribution < -0.4 is 0 Å². The number of carbonyl (C=O) groups is 2. The maximum Gasteiger partial charge on any atom is 0.171 e. The molecule has 0 unspecified atom stereocenters. The van der Waals surface area contributed by atoms with Crippen LogP contribution in [0.5, 0.6) is 0 Å². The van der Waals surface area contributed by atoms with Gasteiger partial charge in [-0.2, -0.15) is 0 Å². The van der Waals surface area contributed by atoms with Crippen molar-refractivity contribution in [1.82, 2.24) is 0 Å². The van der Waals surface area contributed by atoms with Crippen molar-refractivity contribution >= 4 is 22.3 Å². The van der Waals surface area contributed by atoms with Gasteiger partial charge in [0.2, 0.25) is 0 Å². The molecule has 1 aliphatic rings. The molecule has 2 nitrogen and oxygen atoms in total. The van der Waals surface area contributed by atoms with E-state index in [4.69, 9.17) is 0 Å². The summed E-state index contributed by atoms with van der Waals surface area (Å²) in [4.78, 5) is 23.3. The Kier molecular flexibility index (Phi) is 1.96. The number of aryl methyl sites for hydroxylation is 2. The van der Waals surface area contributed by atoms with Gasteiger partial charge in [-0.25, -0.2) is 0 Å². The summed E-state index contributed by atoms with van der Waals surface area (Å²) in [6.45, 7) is 4.10. The van der Waals surface area contributed by atoms with Crippen LogP contribution in [0.2, 0.25) is 0 Å². The van der Waals surface area contributed by atoms with E-state index >= 15 is 0 Å². The van der Waals surface area contributed by atoms with Gasteiger partial charge in [0.1, 0.15) is 0 Å². The monoisotopic (exact) mass is 224 g/mol. The maximum absolute atomic E-state index is 11.7. The van der Waals surface area contributed by atoms with E-state index in [2.05, 4.69) is 26.0 Å². The van der Waals surface area contributed by atoms with Crippen LogP contribution in [0.25, 0.3) is 10.8 Å². The molecule has 2 aromatic rings. The molecule has 17 heavy (non-hydrogen) atoms. The lowest BCUT2D eigenvalue weighted by Crippen LogP contribution is -1.92. The first-order valence-electron chi connectivity index (χ1n) is 5.67. The molecule has 0 amide bonds. The Bertz CT molecular complexity index is 622. The Labute approximate surface area is 99.3 Å². The molecule has 0 spiro atoms. The first-order valence-corrected chi connectivity index (χ1v) is 5.67. The number of hydrogen-bond acceptors (Lipinski definition) is 2. The third kappa shape index (κ3) is 1.41. The van der Waals surface area contributed by atoms with Gasteiger partial charge in [-0.3, -0.25) is 9.59 Å². The Morgan fingerprint density at radius 1 is 0.765 bits per heavy atom. The highest BCUT2D eigenvalue weighted by molar-refractivity contribution is 6.25. The van der Waals surface area contributed by atoms with Crippen LogP contribution in [-0.4, -0.2) is 11.6 Å². The second kappa shape index (κ2) is 3.27. The Morgan fingerprint density at radius 2 is 1.18 bits per heavy atom. The SMILES string of the molecule is Cc1cc2cc3c(cc2cc1C)C(=O)CC3=O. The summed E-state index contributed by atoms with van der Waals surface area (Å²) < 4.78 is 0. The largest absolute Gasteiger partial charge is 0.294 e. The predicted molar refractivity (Wildman–Crippen MR) is 66.7 cm³/mol. The lowest BCUT2D eigenvalue weighted by atomic mass is 9.98. The molecule has 0 heterocycles. The van der Waals surface area contributed by atoms with Crippen LogP contribution >= 0.6 is 0 Å². The summed E-state index contributed by atoms with van der Waals surface area (Å²) in [5, 5.41) is 2.07. The van der Waals surface area contributed by atoms with Crippen molar-refractivity contribution in [3.63, 3.8) is 0 Å². The smallest absolute Gasteiger partial charge is 0.171 e. The molecule has 0 bridgehead atoms. The zero-order chi connectivity index (χ0) is 12.2. The quantitative estimate of drug-likeness (QED) is 0.644. The summed E-state index contributed by atoms with van der Waals surface area (Å²) in [7, 11) is 0. The van der Waals surface area contributed by atoms with E-state index in [1.807, 2.05) is 12.1 Å². The summed E-state index contributed by atoms with van der Waals surface area (Å²) in [5.41, 5.74) is 3.58. The number of Topliss-reactive ketones (excluding diaryl/α,β-unsaturated/α-hetero) is 2. The highest BCUT2D eigenvalue weighted by atomic mass is 16.2. The molecule has 0 radical (unpaired) electrons. The van der Waals surface area contributed by atoms with Crippen molar-refractivity contribution in [2.24, 2.45) is 0 Å².